The predicted octanol–water partition coefficient (Wildman–Crippen LogP) is 4.00. The molecule has 4 N–H and O–H groups in total. The first-order valence-corrected chi connectivity index (χ1v) is 20.3. The zero-order chi connectivity index (χ0) is 42.7. The van der Waals surface area contributed by atoms with Crippen LogP contribution >= 0.6 is 0 Å². The summed E-state index contributed by atoms with van der Waals surface area (Å²) >= 11 is 0. The Morgan fingerprint density at radius 3 is 2.34 bits per heavy atom. The Hall–Kier alpha value is -4.03. The van der Waals surface area contributed by atoms with Gasteiger partial charge >= 0.3 is 24.2 Å². The van der Waals surface area contributed by atoms with Crippen molar-refractivity contribution in [2.24, 2.45) is 23.7 Å². The van der Waals surface area contributed by atoms with Gasteiger partial charge in [0, 0.05) is 29.5 Å². The van der Waals surface area contributed by atoms with Crippen molar-refractivity contribution >= 4 is 35.7 Å². The van der Waals surface area contributed by atoms with Crippen LogP contribution in [0.4, 0.5) is 20.1 Å². The number of rotatable bonds is 6. The number of fused-ring (bicyclic) bond motifs is 4. The number of hydrogen-bond acceptors (Lipinski definition) is 14. The number of aliphatic hydroxyl groups excluding tert-OH is 1. The lowest BCUT2D eigenvalue weighted by molar-refractivity contribution is -0.299. The van der Waals surface area contributed by atoms with E-state index in [0.717, 1.165) is 0 Å². The number of ketones is 1. The largest absolute Gasteiger partial charge is 0.458 e. The highest BCUT2D eigenvalue weighted by Crippen LogP contribution is 2.42. The molecule has 3 amide bonds. The number of Topliss-reactive ketones (excluding diaryl/α,β-unsaturated/α-hetero) is 1. The third-order valence-corrected chi connectivity index (χ3v) is 12.2. The van der Waals surface area contributed by atoms with Crippen LogP contribution < -0.4 is 16.0 Å². The van der Waals surface area contributed by atoms with Crippen molar-refractivity contribution in [2.45, 2.75) is 141 Å². The molecule has 5 rings (SSSR count). The van der Waals surface area contributed by atoms with E-state index in [1.54, 1.807) is 78.8 Å². The third-order valence-electron chi connectivity index (χ3n) is 12.2. The minimum absolute atomic E-state index is 0.0888. The van der Waals surface area contributed by atoms with Gasteiger partial charge in [-0.25, -0.2) is 14.4 Å². The number of aliphatic hydroxyl groups is 1. The quantitative estimate of drug-likeness (QED) is 0.236. The summed E-state index contributed by atoms with van der Waals surface area (Å²) in [6, 6.07) is 7.43. The maximum Gasteiger partial charge on any atom is 0.412 e. The molecule has 4 aliphatic rings. The van der Waals surface area contributed by atoms with Gasteiger partial charge in [0.2, 0.25) is 0 Å². The van der Waals surface area contributed by atoms with Gasteiger partial charge < -0.3 is 53.8 Å². The summed E-state index contributed by atoms with van der Waals surface area (Å²) in [4.78, 5) is 70.5. The van der Waals surface area contributed by atoms with E-state index >= 15 is 0 Å². The number of nitrogens with zero attached hydrogens (tertiary/aromatic N) is 1. The average molecular weight is 819 g/mol. The fourth-order valence-electron chi connectivity index (χ4n) is 9.14. The molecular weight excluding hydrogens is 756 g/mol. The van der Waals surface area contributed by atoms with E-state index in [9.17, 15) is 29.1 Å². The smallest absolute Gasteiger partial charge is 0.412 e. The number of cyclic esters (lactones) is 1. The van der Waals surface area contributed by atoms with Crippen LogP contribution in [0.2, 0.25) is 0 Å². The number of anilines is 1. The maximum absolute atomic E-state index is 14.5. The first-order chi connectivity index (χ1) is 27.3. The number of benzene rings is 1. The van der Waals surface area contributed by atoms with Gasteiger partial charge in [0.15, 0.2) is 11.9 Å². The molecule has 0 radical (unpaired) electrons. The summed E-state index contributed by atoms with van der Waals surface area (Å²) in [5.41, 5.74) is -2.59. The number of carbonyl (C=O) groups is 5. The summed E-state index contributed by atoms with van der Waals surface area (Å²) in [7, 11) is 3.69. The zero-order valence-corrected chi connectivity index (χ0v) is 35.2. The number of ether oxygens (including phenoxy) is 7. The molecule has 0 saturated carbocycles. The van der Waals surface area contributed by atoms with Gasteiger partial charge in [0.25, 0.3) is 0 Å². The summed E-state index contributed by atoms with van der Waals surface area (Å²) < 4.78 is 43.6. The molecule has 0 aliphatic carbocycles. The second-order valence-corrected chi connectivity index (χ2v) is 17.0. The van der Waals surface area contributed by atoms with Crippen LogP contribution in [-0.4, -0.2) is 133 Å². The monoisotopic (exact) mass is 818 g/mol. The number of nitrogens with one attached hydrogen (secondary N) is 3. The van der Waals surface area contributed by atoms with Gasteiger partial charge in [-0.05, 0) is 73.2 Å². The molecule has 4 heterocycles. The SMILES string of the molecule is CC[C@H]1OC(=O)[C@H](C)[C@H]2OCC(OC(=O)Nc3ccccc3)CNC(=O)O[C@](C)(C[C@@H](C)C(=O)[C@H](C)[C@@H]3NC(=O)O[C@]13C)[C@H](O[C@@H]1O[C@H](C)C[C@H](N(C)C)[C@H]1O)[C@H]2C. The molecule has 15 atom stereocenters. The molecule has 0 spiro atoms. The Bertz CT molecular complexity index is 1630. The Labute approximate surface area is 340 Å². The van der Waals surface area contributed by atoms with Gasteiger partial charge in [-0.3, -0.25) is 14.9 Å². The van der Waals surface area contributed by atoms with Crippen molar-refractivity contribution in [1.82, 2.24) is 15.5 Å². The first-order valence-electron chi connectivity index (χ1n) is 20.3. The van der Waals surface area contributed by atoms with Crippen molar-refractivity contribution in [1.29, 1.82) is 0 Å². The summed E-state index contributed by atoms with van der Waals surface area (Å²) in [5.74, 6) is -4.50. The zero-order valence-electron chi connectivity index (χ0n) is 35.2. The molecule has 4 fully saturated rings. The molecule has 4 saturated heterocycles. The van der Waals surface area contributed by atoms with E-state index in [2.05, 4.69) is 16.0 Å². The molecule has 17 nitrogen and oxygen atoms in total. The van der Waals surface area contributed by atoms with E-state index < -0.39 is 102 Å². The lowest BCUT2D eigenvalue weighted by Gasteiger charge is -2.48. The van der Waals surface area contributed by atoms with Crippen molar-refractivity contribution in [2.75, 3.05) is 32.6 Å². The van der Waals surface area contributed by atoms with E-state index in [1.807, 2.05) is 25.9 Å². The molecule has 0 aromatic heterocycles. The van der Waals surface area contributed by atoms with Gasteiger partial charge in [-0.2, -0.15) is 0 Å². The lowest BCUT2D eigenvalue weighted by atomic mass is 9.73. The average Bonchev–Trinajstić information content (AvgIpc) is 3.47. The maximum atomic E-state index is 14.5. The summed E-state index contributed by atoms with van der Waals surface area (Å²) in [6.07, 6.45) is -8.78. The standard InChI is InChI=1S/C41H62N4O13/c1-11-29-41(8)33(44-39(51)58-41)23(4)30(46)21(2)18-40(7)34(56-36-31(47)28(45(9)10)17-22(3)53-36)24(5)32(25(6)35(48)55-29)52-20-27(19-42-37(49)57-40)54-38(50)43-26-15-13-12-14-16-26/h12-16,21-25,27-29,31-34,36,47H,11,17-20H2,1-10H3,(H,42,49)(H,43,50)(H,44,51)/t21-,22-,23+,24+,25-,27?,28+,29-,31-,32+,33+,34-,36+,40-,41-/m1/s1. The van der Waals surface area contributed by atoms with Crippen LogP contribution in [0.15, 0.2) is 30.3 Å². The number of alkyl carbamates (subject to hydrolysis) is 2. The molecule has 324 valence electrons. The highest BCUT2D eigenvalue weighted by molar-refractivity contribution is 5.86. The molecule has 1 aromatic rings. The number of carbonyl (C=O) groups excluding carboxylic acids is 5. The van der Waals surface area contributed by atoms with Crippen molar-refractivity contribution in [3.63, 3.8) is 0 Å². The van der Waals surface area contributed by atoms with E-state index in [-0.39, 0.29) is 43.9 Å². The fraction of sp³-hybridized carbons (Fsp3) is 0.732. The van der Waals surface area contributed by atoms with Gasteiger partial charge in [0.1, 0.15) is 35.8 Å². The number of para-hydroxylation sites is 1. The number of hydrogen-bond donors (Lipinski definition) is 4. The van der Waals surface area contributed by atoms with E-state index in [0.29, 0.717) is 12.1 Å². The first kappa shape index (κ1) is 45.1. The fourth-order valence-corrected chi connectivity index (χ4v) is 9.14. The van der Waals surface area contributed by atoms with Crippen LogP contribution in [0.3, 0.4) is 0 Å². The third kappa shape index (κ3) is 9.87. The van der Waals surface area contributed by atoms with Crippen LogP contribution in [0, 0.1) is 23.7 Å². The second-order valence-electron chi connectivity index (χ2n) is 17.0. The molecule has 4 aliphatic heterocycles. The summed E-state index contributed by atoms with van der Waals surface area (Å²) in [5, 5.41) is 19.8. The Balaban J connectivity index is 1.61. The number of amides is 3. The Kier molecular flexibility index (Phi) is 14.4. The molecule has 58 heavy (non-hydrogen) atoms. The van der Waals surface area contributed by atoms with Gasteiger partial charge in [-0.1, -0.05) is 45.9 Å². The highest BCUT2D eigenvalue weighted by Gasteiger charge is 2.58. The minimum Gasteiger partial charge on any atom is -0.458 e. The minimum atomic E-state index is -1.65. The van der Waals surface area contributed by atoms with Crippen LogP contribution in [-0.2, 0) is 42.7 Å². The molecule has 2 bridgehead atoms. The molecular formula is C41H62N4O13. The van der Waals surface area contributed by atoms with Crippen LogP contribution in [0.1, 0.15) is 74.7 Å². The number of likely N-dealkylation sites (N-methyl/N-ethyl adjacent to an activating group) is 1. The van der Waals surface area contributed by atoms with Crippen LogP contribution in [0.5, 0.6) is 0 Å². The van der Waals surface area contributed by atoms with Gasteiger partial charge in [-0.15, -0.1) is 0 Å². The topological polar surface area (TPSA) is 210 Å². The summed E-state index contributed by atoms with van der Waals surface area (Å²) in [6.45, 7) is 13.2. The number of esters is 1. The molecule has 1 aromatic carbocycles. The van der Waals surface area contributed by atoms with Gasteiger partial charge in [0.05, 0.1) is 37.3 Å². The molecule has 17 heteroatoms. The van der Waals surface area contributed by atoms with Crippen molar-refractivity contribution in [3.8, 4) is 0 Å². The van der Waals surface area contributed by atoms with E-state index in [1.165, 1.54) is 0 Å². The Morgan fingerprint density at radius 2 is 1.69 bits per heavy atom. The Morgan fingerprint density at radius 1 is 1.00 bits per heavy atom. The predicted molar refractivity (Wildman–Crippen MR) is 209 cm³/mol. The van der Waals surface area contributed by atoms with Crippen LogP contribution in [0.25, 0.3) is 0 Å². The van der Waals surface area contributed by atoms with Crippen molar-refractivity contribution in [3.05, 3.63) is 30.3 Å². The molecule has 1 unspecified atom stereocenters. The normalized spacial score (nSPS) is 40.4. The second kappa shape index (κ2) is 18.5. The van der Waals surface area contributed by atoms with Crippen molar-refractivity contribution < 1.29 is 62.2 Å². The van der Waals surface area contributed by atoms with E-state index in [4.69, 9.17) is 33.2 Å². The lowest BCUT2D eigenvalue weighted by Crippen LogP contribution is -2.61. The highest BCUT2D eigenvalue weighted by atomic mass is 16.7.